The van der Waals surface area contributed by atoms with Gasteiger partial charge < -0.3 is 14.8 Å². The molecule has 0 saturated carbocycles. The van der Waals surface area contributed by atoms with Crippen LogP contribution < -0.4 is 14.8 Å². The van der Waals surface area contributed by atoms with Crippen LogP contribution >= 0.6 is 11.6 Å². The number of methoxy groups -OCH3 is 1. The number of aryl methyl sites for hydroxylation is 1. The minimum absolute atomic E-state index is 0.0227. The van der Waals surface area contributed by atoms with E-state index in [2.05, 4.69) is 5.32 Å². The first-order valence-corrected chi connectivity index (χ1v) is 9.92. The third-order valence-corrected chi connectivity index (χ3v) is 4.97. The van der Waals surface area contributed by atoms with E-state index in [1.165, 1.54) is 6.08 Å². The lowest BCUT2D eigenvalue weighted by Gasteiger charge is -2.12. The fourth-order valence-electron chi connectivity index (χ4n) is 2.88. The number of nitriles is 1. The summed E-state index contributed by atoms with van der Waals surface area (Å²) >= 11 is 6.19. The van der Waals surface area contributed by atoms with Crippen LogP contribution in [0.1, 0.15) is 16.7 Å². The Balaban J connectivity index is 1.82. The van der Waals surface area contributed by atoms with Gasteiger partial charge >= 0.3 is 0 Å². The fraction of sp³-hybridized carbons (Fsp3) is 0.120. The number of benzene rings is 3. The Morgan fingerprint density at radius 3 is 2.55 bits per heavy atom. The molecule has 0 aliphatic carbocycles. The number of rotatable bonds is 7. The number of halogens is 1. The molecule has 0 saturated heterocycles. The van der Waals surface area contributed by atoms with Gasteiger partial charge in [0.05, 0.1) is 7.11 Å². The summed E-state index contributed by atoms with van der Waals surface area (Å²) in [7, 11) is 1.55. The molecule has 0 aromatic heterocycles. The van der Waals surface area contributed by atoms with E-state index >= 15 is 0 Å². The van der Waals surface area contributed by atoms with Crippen molar-refractivity contribution in [1.82, 2.24) is 0 Å². The monoisotopic (exact) mass is 432 g/mol. The topological polar surface area (TPSA) is 71.3 Å². The Labute approximate surface area is 186 Å². The number of carbonyl (C=O) groups excluding carboxylic acids is 1. The van der Waals surface area contributed by atoms with Gasteiger partial charge in [0.15, 0.2) is 11.5 Å². The molecule has 0 unspecified atom stereocenters. The number of para-hydroxylation sites is 1. The van der Waals surface area contributed by atoms with E-state index in [-0.39, 0.29) is 12.2 Å². The van der Waals surface area contributed by atoms with Crippen molar-refractivity contribution >= 4 is 29.3 Å². The van der Waals surface area contributed by atoms with Crippen LogP contribution in [0.3, 0.4) is 0 Å². The Morgan fingerprint density at radius 2 is 1.84 bits per heavy atom. The molecule has 156 valence electrons. The van der Waals surface area contributed by atoms with Crippen LogP contribution in [0.2, 0.25) is 5.02 Å². The highest BCUT2D eigenvalue weighted by Gasteiger charge is 2.12. The molecule has 0 spiro atoms. The molecule has 0 aliphatic heterocycles. The van der Waals surface area contributed by atoms with Crippen molar-refractivity contribution in [3.63, 3.8) is 0 Å². The van der Waals surface area contributed by atoms with Crippen LogP contribution in [-0.2, 0) is 11.4 Å². The first-order chi connectivity index (χ1) is 15.0. The number of amides is 1. The molecule has 1 amide bonds. The largest absolute Gasteiger partial charge is 0.493 e. The number of carbonyl (C=O) groups is 1. The summed E-state index contributed by atoms with van der Waals surface area (Å²) in [4.78, 5) is 12.6. The summed E-state index contributed by atoms with van der Waals surface area (Å²) in [6.07, 6.45) is 1.51. The molecular weight excluding hydrogens is 412 g/mol. The average molecular weight is 433 g/mol. The van der Waals surface area contributed by atoms with Gasteiger partial charge in [-0.2, -0.15) is 5.26 Å². The molecule has 0 radical (unpaired) electrons. The maximum Gasteiger partial charge on any atom is 0.266 e. The average Bonchev–Trinajstić information content (AvgIpc) is 2.78. The van der Waals surface area contributed by atoms with Gasteiger partial charge in [0, 0.05) is 16.3 Å². The molecule has 0 atom stereocenters. The molecule has 3 aromatic carbocycles. The van der Waals surface area contributed by atoms with Crippen LogP contribution in [0.25, 0.3) is 6.08 Å². The molecular formula is C25H21ClN2O3. The van der Waals surface area contributed by atoms with Gasteiger partial charge in [-0.15, -0.1) is 0 Å². The molecule has 6 heteroatoms. The standard InChI is InChI=1S/C25H21ClN2O3/c1-17-7-3-6-10-22(17)28-25(29)20(15-27)13-18-11-12-23(30-2)24(14-18)31-16-19-8-4-5-9-21(19)26/h3-14H,16H2,1-2H3,(H,28,29)/b20-13+. The predicted molar refractivity (Wildman–Crippen MR) is 122 cm³/mol. The third-order valence-electron chi connectivity index (χ3n) is 4.60. The summed E-state index contributed by atoms with van der Waals surface area (Å²) in [5.41, 5.74) is 3.01. The minimum Gasteiger partial charge on any atom is -0.493 e. The normalized spacial score (nSPS) is 10.8. The highest BCUT2D eigenvalue weighted by atomic mass is 35.5. The number of hydrogen-bond donors (Lipinski definition) is 1. The molecule has 0 bridgehead atoms. The number of nitrogens with zero attached hydrogens (tertiary/aromatic N) is 1. The first-order valence-electron chi connectivity index (χ1n) is 9.55. The van der Waals surface area contributed by atoms with Crippen molar-refractivity contribution in [1.29, 1.82) is 5.26 Å². The zero-order chi connectivity index (χ0) is 22.2. The van der Waals surface area contributed by atoms with E-state index in [1.807, 2.05) is 49.4 Å². The van der Waals surface area contributed by atoms with Crippen molar-refractivity contribution in [3.8, 4) is 17.6 Å². The van der Waals surface area contributed by atoms with Crippen LogP contribution in [0.5, 0.6) is 11.5 Å². The van der Waals surface area contributed by atoms with E-state index in [0.717, 1.165) is 11.1 Å². The predicted octanol–water partition coefficient (Wildman–Crippen LogP) is 5.78. The number of nitrogens with one attached hydrogen (secondary N) is 1. The van der Waals surface area contributed by atoms with Gasteiger partial charge in [0.1, 0.15) is 18.2 Å². The molecule has 0 aliphatic rings. The van der Waals surface area contributed by atoms with Crippen molar-refractivity contribution in [2.45, 2.75) is 13.5 Å². The van der Waals surface area contributed by atoms with E-state index in [0.29, 0.717) is 27.8 Å². The number of ether oxygens (including phenoxy) is 2. The maximum absolute atomic E-state index is 12.6. The van der Waals surface area contributed by atoms with Crippen molar-refractivity contribution < 1.29 is 14.3 Å². The highest BCUT2D eigenvalue weighted by molar-refractivity contribution is 6.31. The quantitative estimate of drug-likeness (QED) is 0.379. The number of hydrogen-bond acceptors (Lipinski definition) is 4. The first kappa shape index (κ1) is 21.9. The van der Waals surface area contributed by atoms with Gasteiger partial charge in [-0.25, -0.2) is 0 Å². The second-order valence-corrected chi connectivity index (χ2v) is 7.14. The Bertz CT molecular complexity index is 1170. The molecule has 1 N–H and O–H groups in total. The summed E-state index contributed by atoms with van der Waals surface area (Å²) in [5.74, 6) is 0.533. The molecule has 5 nitrogen and oxygen atoms in total. The molecule has 0 fully saturated rings. The SMILES string of the molecule is COc1ccc(/C=C(\C#N)C(=O)Nc2ccccc2C)cc1OCc1ccccc1Cl. The Hall–Kier alpha value is -3.75. The van der Waals surface area contributed by atoms with E-state index in [9.17, 15) is 10.1 Å². The van der Waals surface area contributed by atoms with Crippen LogP contribution in [-0.4, -0.2) is 13.0 Å². The summed E-state index contributed by atoms with van der Waals surface area (Å²) in [6, 6.07) is 21.9. The zero-order valence-electron chi connectivity index (χ0n) is 17.2. The molecule has 31 heavy (non-hydrogen) atoms. The minimum atomic E-state index is -0.480. The van der Waals surface area contributed by atoms with Gasteiger partial charge in [0.25, 0.3) is 5.91 Å². The fourth-order valence-corrected chi connectivity index (χ4v) is 3.08. The third kappa shape index (κ3) is 5.65. The van der Waals surface area contributed by atoms with Crippen molar-refractivity contribution in [2.75, 3.05) is 12.4 Å². The summed E-state index contributed by atoms with van der Waals surface area (Å²) < 4.78 is 11.3. The van der Waals surface area contributed by atoms with Gasteiger partial charge in [-0.05, 0) is 48.4 Å². The van der Waals surface area contributed by atoms with Crippen LogP contribution in [0.4, 0.5) is 5.69 Å². The van der Waals surface area contributed by atoms with E-state index in [1.54, 1.807) is 37.4 Å². The second-order valence-electron chi connectivity index (χ2n) is 6.73. The lowest BCUT2D eigenvalue weighted by Crippen LogP contribution is -2.14. The zero-order valence-corrected chi connectivity index (χ0v) is 17.9. The Morgan fingerprint density at radius 1 is 1.10 bits per heavy atom. The van der Waals surface area contributed by atoms with E-state index < -0.39 is 5.91 Å². The molecule has 3 aromatic rings. The van der Waals surface area contributed by atoms with Crippen molar-refractivity contribution in [3.05, 3.63) is 94.0 Å². The van der Waals surface area contributed by atoms with Gasteiger partial charge in [-0.3, -0.25) is 4.79 Å². The number of anilines is 1. The Kier molecular flexibility index (Phi) is 7.31. The maximum atomic E-state index is 12.6. The molecule has 0 heterocycles. The van der Waals surface area contributed by atoms with Crippen LogP contribution in [0, 0.1) is 18.3 Å². The highest BCUT2D eigenvalue weighted by Crippen LogP contribution is 2.30. The smallest absolute Gasteiger partial charge is 0.266 e. The summed E-state index contributed by atoms with van der Waals surface area (Å²) in [6.45, 7) is 2.14. The van der Waals surface area contributed by atoms with Gasteiger partial charge in [0.2, 0.25) is 0 Å². The van der Waals surface area contributed by atoms with E-state index in [4.69, 9.17) is 21.1 Å². The van der Waals surface area contributed by atoms with Crippen molar-refractivity contribution in [2.24, 2.45) is 0 Å². The second kappa shape index (κ2) is 10.3. The molecule has 3 rings (SSSR count). The van der Waals surface area contributed by atoms with Gasteiger partial charge in [-0.1, -0.05) is 54.1 Å². The lowest BCUT2D eigenvalue weighted by molar-refractivity contribution is -0.112. The van der Waals surface area contributed by atoms with Crippen LogP contribution in [0.15, 0.2) is 72.3 Å². The summed E-state index contributed by atoms with van der Waals surface area (Å²) in [5, 5.41) is 12.9. The lowest BCUT2D eigenvalue weighted by atomic mass is 10.1.